The molecule has 0 amide bonds. The van der Waals surface area contributed by atoms with Crippen molar-refractivity contribution in [3.05, 3.63) is 41.6 Å². The van der Waals surface area contributed by atoms with E-state index in [9.17, 15) is 4.39 Å². The zero-order valence-corrected chi connectivity index (χ0v) is 16.5. The lowest BCUT2D eigenvalue weighted by Gasteiger charge is -2.25. The summed E-state index contributed by atoms with van der Waals surface area (Å²) in [5.41, 5.74) is 1.87. The maximum absolute atomic E-state index is 13.7. The first-order valence-corrected chi connectivity index (χ1v) is 10.6. The summed E-state index contributed by atoms with van der Waals surface area (Å²) in [6, 6.07) is 6.65. The van der Waals surface area contributed by atoms with Gasteiger partial charge in [-0.25, -0.2) is 14.4 Å². The van der Waals surface area contributed by atoms with E-state index in [2.05, 4.69) is 15.5 Å². The minimum Gasteiger partial charge on any atom is -0.381 e. The average Bonchev–Trinajstić information content (AvgIpc) is 3.16. The van der Waals surface area contributed by atoms with Crippen LogP contribution in [0.3, 0.4) is 0 Å². The van der Waals surface area contributed by atoms with Crippen molar-refractivity contribution in [3.8, 4) is 0 Å². The summed E-state index contributed by atoms with van der Waals surface area (Å²) in [4.78, 5) is 9.85. The molecule has 3 aromatic rings. The van der Waals surface area contributed by atoms with E-state index in [-0.39, 0.29) is 5.82 Å². The largest absolute Gasteiger partial charge is 0.381 e. The molecule has 3 heterocycles. The van der Waals surface area contributed by atoms with E-state index in [1.165, 1.54) is 31.4 Å². The highest BCUT2D eigenvalue weighted by molar-refractivity contribution is 5.91. The van der Waals surface area contributed by atoms with Gasteiger partial charge in [-0.05, 0) is 43.9 Å². The zero-order valence-electron chi connectivity index (χ0n) is 16.5. The average molecular weight is 395 g/mol. The van der Waals surface area contributed by atoms with Gasteiger partial charge in [0, 0.05) is 42.2 Å². The van der Waals surface area contributed by atoms with E-state index in [0.29, 0.717) is 17.7 Å². The molecule has 1 saturated heterocycles. The quantitative estimate of drug-likeness (QED) is 0.637. The molecule has 2 fully saturated rings. The minimum absolute atomic E-state index is 0.282. The Morgan fingerprint density at radius 1 is 0.966 bits per heavy atom. The molecule has 1 aromatic carbocycles. The van der Waals surface area contributed by atoms with E-state index in [0.717, 1.165) is 67.1 Å². The summed E-state index contributed by atoms with van der Waals surface area (Å²) in [5, 5.41) is 11.3. The monoisotopic (exact) mass is 395 g/mol. The van der Waals surface area contributed by atoms with Crippen molar-refractivity contribution in [1.82, 2.24) is 20.2 Å². The second-order valence-corrected chi connectivity index (χ2v) is 8.14. The zero-order chi connectivity index (χ0) is 19.6. The van der Waals surface area contributed by atoms with Crippen molar-refractivity contribution in [3.63, 3.8) is 0 Å². The van der Waals surface area contributed by atoms with Crippen LogP contribution >= 0.6 is 0 Å². The van der Waals surface area contributed by atoms with Crippen LogP contribution in [-0.2, 0) is 4.74 Å². The molecular formula is C22H26FN5O. The normalized spacial score (nSPS) is 18.9. The smallest absolute Gasteiger partial charge is 0.161 e. The Hall–Kier alpha value is -2.54. The fourth-order valence-corrected chi connectivity index (χ4v) is 4.50. The maximum atomic E-state index is 13.7. The Kier molecular flexibility index (Phi) is 5.14. The van der Waals surface area contributed by atoms with Gasteiger partial charge in [0.05, 0.1) is 5.52 Å². The summed E-state index contributed by atoms with van der Waals surface area (Å²) < 4.78 is 19.3. The lowest BCUT2D eigenvalue weighted by Crippen LogP contribution is -2.18. The number of nitrogens with zero attached hydrogens (tertiary/aromatic N) is 3. The highest BCUT2D eigenvalue weighted by Gasteiger charge is 2.23. The number of fused-ring (bicyclic) bond motifs is 1. The highest BCUT2D eigenvalue weighted by atomic mass is 19.1. The van der Waals surface area contributed by atoms with Crippen LogP contribution in [0.15, 0.2) is 24.3 Å². The Bertz CT molecular complexity index is 956. The molecule has 0 spiro atoms. The lowest BCUT2D eigenvalue weighted by atomic mass is 9.88. The van der Waals surface area contributed by atoms with Crippen LogP contribution in [0.2, 0.25) is 0 Å². The van der Waals surface area contributed by atoms with Gasteiger partial charge in [0.2, 0.25) is 0 Å². The molecule has 0 atom stereocenters. The van der Waals surface area contributed by atoms with E-state index < -0.39 is 0 Å². The SMILES string of the molecule is Fc1ccc2[nH]nc(Nc3cc(C4CCOCC4)nc(C4CCCCC4)n3)c2c1. The van der Waals surface area contributed by atoms with Gasteiger partial charge in [-0.15, -0.1) is 0 Å². The Labute approximate surface area is 169 Å². The molecule has 5 rings (SSSR count). The molecule has 1 aliphatic carbocycles. The number of hydrogen-bond donors (Lipinski definition) is 2. The van der Waals surface area contributed by atoms with Crippen LogP contribution in [0.25, 0.3) is 10.9 Å². The van der Waals surface area contributed by atoms with Crippen molar-refractivity contribution in [1.29, 1.82) is 0 Å². The third-order valence-electron chi connectivity index (χ3n) is 6.14. The van der Waals surface area contributed by atoms with Gasteiger partial charge in [0.1, 0.15) is 17.5 Å². The molecule has 1 saturated carbocycles. The van der Waals surface area contributed by atoms with Gasteiger partial charge >= 0.3 is 0 Å². The third kappa shape index (κ3) is 3.96. The second kappa shape index (κ2) is 8.06. The summed E-state index contributed by atoms with van der Waals surface area (Å²) in [5.74, 6) is 2.78. The predicted molar refractivity (Wildman–Crippen MR) is 110 cm³/mol. The Morgan fingerprint density at radius 2 is 1.79 bits per heavy atom. The number of ether oxygens (including phenoxy) is 1. The molecule has 6 nitrogen and oxygen atoms in total. The molecule has 0 bridgehead atoms. The predicted octanol–water partition coefficient (Wildman–Crippen LogP) is 5.18. The number of aromatic amines is 1. The lowest BCUT2D eigenvalue weighted by molar-refractivity contribution is 0.0844. The number of aromatic nitrogens is 4. The molecule has 1 aliphatic heterocycles. The fraction of sp³-hybridized carbons (Fsp3) is 0.500. The standard InChI is InChI=1S/C22H26FN5O/c23-16-6-7-18-17(12-16)22(28-27-18)26-20-13-19(14-8-10-29-11-9-14)24-21(25-20)15-4-2-1-3-5-15/h6-7,12-15H,1-5,8-11H2,(H2,24,25,26,27,28). The van der Waals surface area contributed by atoms with Crippen LogP contribution < -0.4 is 5.32 Å². The number of anilines is 2. The number of H-pyrrole nitrogens is 1. The van der Waals surface area contributed by atoms with E-state index in [1.807, 2.05) is 6.07 Å². The summed E-state index contributed by atoms with van der Waals surface area (Å²) in [6.45, 7) is 1.55. The van der Waals surface area contributed by atoms with Crippen molar-refractivity contribution in [2.24, 2.45) is 0 Å². The first-order valence-electron chi connectivity index (χ1n) is 10.6. The fourth-order valence-electron chi connectivity index (χ4n) is 4.50. The summed E-state index contributed by atoms with van der Waals surface area (Å²) in [6.07, 6.45) is 8.03. The number of rotatable bonds is 4. The topological polar surface area (TPSA) is 75.7 Å². The van der Waals surface area contributed by atoms with Crippen LogP contribution in [-0.4, -0.2) is 33.4 Å². The molecule has 0 radical (unpaired) electrons. The Balaban J connectivity index is 1.50. The van der Waals surface area contributed by atoms with Crippen LogP contribution in [0, 0.1) is 5.82 Å². The highest BCUT2D eigenvalue weighted by Crippen LogP contribution is 2.34. The first kappa shape index (κ1) is 18.5. The first-order chi connectivity index (χ1) is 14.3. The molecule has 152 valence electrons. The maximum Gasteiger partial charge on any atom is 0.161 e. The van der Waals surface area contributed by atoms with Crippen molar-refractivity contribution < 1.29 is 9.13 Å². The number of hydrogen-bond acceptors (Lipinski definition) is 5. The number of benzene rings is 1. The van der Waals surface area contributed by atoms with E-state index in [4.69, 9.17) is 14.7 Å². The molecule has 0 unspecified atom stereocenters. The van der Waals surface area contributed by atoms with Gasteiger partial charge in [-0.3, -0.25) is 5.10 Å². The molecule has 7 heteroatoms. The van der Waals surface area contributed by atoms with E-state index >= 15 is 0 Å². The Morgan fingerprint density at radius 3 is 2.62 bits per heavy atom. The second-order valence-electron chi connectivity index (χ2n) is 8.14. The van der Waals surface area contributed by atoms with Crippen LogP contribution in [0.1, 0.15) is 68.3 Å². The van der Waals surface area contributed by atoms with Crippen molar-refractivity contribution in [2.75, 3.05) is 18.5 Å². The van der Waals surface area contributed by atoms with Gasteiger partial charge in [-0.1, -0.05) is 19.3 Å². The van der Waals surface area contributed by atoms with Crippen molar-refractivity contribution >= 4 is 22.5 Å². The van der Waals surface area contributed by atoms with Gasteiger partial charge in [-0.2, -0.15) is 5.10 Å². The van der Waals surface area contributed by atoms with Gasteiger partial charge in [0.25, 0.3) is 0 Å². The van der Waals surface area contributed by atoms with Crippen LogP contribution in [0.5, 0.6) is 0 Å². The molecule has 2 N–H and O–H groups in total. The van der Waals surface area contributed by atoms with Crippen LogP contribution in [0.4, 0.5) is 16.0 Å². The van der Waals surface area contributed by atoms with Crippen molar-refractivity contribution in [2.45, 2.75) is 56.8 Å². The van der Waals surface area contributed by atoms with Gasteiger partial charge in [0.15, 0.2) is 5.82 Å². The number of nitrogens with one attached hydrogen (secondary N) is 2. The molecule has 2 aromatic heterocycles. The molecule has 2 aliphatic rings. The summed E-state index contributed by atoms with van der Waals surface area (Å²) >= 11 is 0. The van der Waals surface area contributed by atoms with E-state index in [1.54, 1.807) is 6.07 Å². The minimum atomic E-state index is -0.282. The summed E-state index contributed by atoms with van der Waals surface area (Å²) in [7, 11) is 0. The number of halogens is 1. The van der Waals surface area contributed by atoms with Gasteiger partial charge < -0.3 is 10.1 Å². The molecule has 29 heavy (non-hydrogen) atoms. The third-order valence-corrected chi connectivity index (χ3v) is 6.14. The molecular weight excluding hydrogens is 369 g/mol.